The number of nitrogens with zero attached hydrogens (tertiary/aromatic N) is 2. The molecule has 3 aliphatic carbocycles. The van der Waals surface area contributed by atoms with Crippen LogP contribution >= 0.6 is 0 Å². The second kappa shape index (κ2) is 4.98. The number of benzene rings is 1. The highest BCUT2D eigenvalue weighted by molar-refractivity contribution is 6.01. The van der Waals surface area contributed by atoms with Gasteiger partial charge in [0.25, 0.3) is 0 Å². The van der Waals surface area contributed by atoms with Crippen LogP contribution in [0.25, 0.3) is 0 Å². The van der Waals surface area contributed by atoms with E-state index in [1.807, 2.05) is 17.0 Å². The SMILES string of the molecule is COC(=O)N1c2ccc(OC)cc2[C@@]23CCN4CC=C[C@]5(CC[C@]12CC5=O)[C@H]43. The quantitative estimate of drug-likeness (QED) is 0.701. The van der Waals surface area contributed by atoms with Crippen molar-refractivity contribution in [1.29, 1.82) is 0 Å². The molecule has 7 rings (SSSR count). The molecule has 3 saturated carbocycles. The molecule has 1 aromatic rings. The summed E-state index contributed by atoms with van der Waals surface area (Å²) in [5.41, 5.74) is 0.801. The van der Waals surface area contributed by atoms with Gasteiger partial charge in [0.2, 0.25) is 0 Å². The van der Waals surface area contributed by atoms with Gasteiger partial charge in [0.1, 0.15) is 11.5 Å². The van der Waals surface area contributed by atoms with Crippen molar-refractivity contribution in [3.05, 3.63) is 35.9 Å². The van der Waals surface area contributed by atoms with Crippen molar-refractivity contribution in [2.24, 2.45) is 5.41 Å². The number of amides is 1. The summed E-state index contributed by atoms with van der Waals surface area (Å²) in [6.45, 7) is 1.81. The second-order valence-electron chi connectivity index (χ2n) is 8.88. The molecular formula is C22H24N2O4. The van der Waals surface area contributed by atoms with E-state index in [-0.39, 0.29) is 23.3 Å². The van der Waals surface area contributed by atoms with E-state index in [4.69, 9.17) is 9.47 Å². The molecule has 1 amide bonds. The predicted octanol–water partition coefficient (Wildman–Crippen LogP) is 2.66. The molecule has 0 aromatic heterocycles. The molecule has 6 aliphatic rings. The van der Waals surface area contributed by atoms with Crippen LogP contribution in [0.15, 0.2) is 30.4 Å². The van der Waals surface area contributed by atoms with E-state index in [9.17, 15) is 9.59 Å². The third kappa shape index (κ3) is 1.48. The van der Waals surface area contributed by atoms with Crippen LogP contribution in [0.5, 0.6) is 5.75 Å². The summed E-state index contributed by atoms with van der Waals surface area (Å²) >= 11 is 0. The van der Waals surface area contributed by atoms with Crippen molar-refractivity contribution in [3.8, 4) is 5.75 Å². The zero-order valence-corrected chi connectivity index (χ0v) is 16.2. The van der Waals surface area contributed by atoms with Crippen LogP contribution < -0.4 is 9.64 Å². The Labute approximate surface area is 164 Å². The topological polar surface area (TPSA) is 59.1 Å². The van der Waals surface area contributed by atoms with Gasteiger partial charge in [0, 0.05) is 24.4 Å². The van der Waals surface area contributed by atoms with Gasteiger partial charge in [0.15, 0.2) is 0 Å². The van der Waals surface area contributed by atoms with Crippen LogP contribution in [0.1, 0.15) is 31.2 Å². The van der Waals surface area contributed by atoms with Crippen LogP contribution in [0.2, 0.25) is 0 Å². The largest absolute Gasteiger partial charge is 0.497 e. The predicted molar refractivity (Wildman–Crippen MR) is 103 cm³/mol. The highest BCUT2D eigenvalue weighted by Crippen LogP contribution is 2.72. The number of anilines is 1. The molecule has 3 heterocycles. The third-order valence-electron chi connectivity index (χ3n) is 8.33. The Morgan fingerprint density at radius 3 is 2.82 bits per heavy atom. The van der Waals surface area contributed by atoms with Crippen molar-refractivity contribution >= 4 is 17.6 Å². The molecular weight excluding hydrogens is 356 g/mol. The monoisotopic (exact) mass is 380 g/mol. The summed E-state index contributed by atoms with van der Waals surface area (Å²) in [7, 11) is 3.10. The maximum atomic E-state index is 13.5. The first-order valence-electron chi connectivity index (χ1n) is 10.1. The summed E-state index contributed by atoms with van der Waals surface area (Å²) in [6, 6.07) is 6.07. The number of hydrogen-bond acceptors (Lipinski definition) is 5. The molecule has 0 radical (unpaired) electrons. The van der Waals surface area contributed by atoms with E-state index in [1.165, 1.54) is 7.11 Å². The minimum atomic E-state index is -0.543. The molecule has 0 unspecified atom stereocenters. The Hall–Kier alpha value is -2.34. The van der Waals surface area contributed by atoms with Gasteiger partial charge in [-0.3, -0.25) is 14.6 Å². The number of Topliss-reactive ketones (excluding diaryl/α,β-unsaturated/α-hetero) is 1. The average molecular weight is 380 g/mol. The van der Waals surface area contributed by atoms with Crippen molar-refractivity contribution in [2.45, 2.75) is 42.7 Å². The molecule has 3 aliphatic heterocycles. The smallest absolute Gasteiger partial charge is 0.414 e. The number of ketones is 1. The first-order chi connectivity index (χ1) is 13.5. The Morgan fingerprint density at radius 2 is 2.07 bits per heavy atom. The third-order valence-corrected chi connectivity index (χ3v) is 8.33. The van der Waals surface area contributed by atoms with Gasteiger partial charge in [-0.25, -0.2) is 4.79 Å². The number of ether oxygens (including phenoxy) is 2. The fourth-order valence-electron chi connectivity index (χ4n) is 7.47. The van der Waals surface area contributed by atoms with Gasteiger partial charge in [-0.05, 0) is 49.6 Å². The first-order valence-corrected chi connectivity index (χ1v) is 10.1. The van der Waals surface area contributed by atoms with Crippen LogP contribution in [0, 0.1) is 5.41 Å². The van der Waals surface area contributed by atoms with Crippen LogP contribution in [-0.4, -0.2) is 55.7 Å². The highest BCUT2D eigenvalue weighted by Gasteiger charge is 2.80. The van der Waals surface area contributed by atoms with E-state index < -0.39 is 11.0 Å². The van der Waals surface area contributed by atoms with E-state index in [0.29, 0.717) is 6.42 Å². The normalized spacial score (nSPS) is 39.6. The molecule has 0 N–H and O–H groups in total. The fourth-order valence-corrected chi connectivity index (χ4v) is 7.47. The molecule has 146 valence electrons. The van der Waals surface area contributed by atoms with E-state index in [2.05, 4.69) is 23.1 Å². The zero-order valence-electron chi connectivity index (χ0n) is 16.2. The molecule has 6 heteroatoms. The van der Waals surface area contributed by atoms with Gasteiger partial charge in [-0.1, -0.05) is 12.2 Å². The number of methoxy groups -OCH3 is 2. The van der Waals surface area contributed by atoms with E-state index in [1.54, 1.807) is 7.11 Å². The lowest BCUT2D eigenvalue weighted by molar-refractivity contribution is -0.147. The highest BCUT2D eigenvalue weighted by atomic mass is 16.5. The zero-order chi connectivity index (χ0) is 19.3. The molecule has 1 saturated heterocycles. The van der Waals surface area contributed by atoms with Crippen molar-refractivity contribution in [1.82, 2.24) is 4.90 Å². The molecule has 2 bridgehead atoms. The summed E-state index contributed by atoms with van der Waals surface area (Å²) in [5, 5.41) is 0. The fraction of sp³-hybridized carbons (Fsp3) is 0.545. The standard InChI is InChI=1S/C22H24N2O4/c1-27-14-4-5-16-15(12-14)22-9-11-23-10-3-6-20(18(22)23)7-8-21(22,13-17(20)25)24(16)19(26)28-2/h3-6,12,18H,7-11,13H2,1-2H3/t18-,20+,21+,22+/m0/s1. The average Bonchev–Trinajstić information content (AvgIpc) is 3.23. The lowest BCUT2D eigenvalue weighted by atomic mass is 9.42. The summed E-state index contributed by atoms with van der Waals surface area (Å²) in [5.74, 6) is 1.07. The minimum Gasteiger partial charge on any atom is -0.497 e. The molecule has 4 atom stereocenters. The van der Waals surface area contributed by atoms with Crippen molar-refractivity contribution in [2.75, 3.05) is 32.2 Å². The second-order valence-corrected chi connectivity index (χ2v) is 8.88. The summed E-state index contributed by atoms with van der Waals surface area (Å²) < 4.78 is 10.8. The number of hydrogen-bond donors (Lipinski definition) is 0. The van der Waals surface area contributed by atoms with Gasteiger partial charge in [-0.15, -0.1) is 0 Å². The summed E-state index contributed by atoms with van der Waals surface area (Å²) in [6.07, 6.45) is 6.95. The Bertz CT molecular complexity index is 958. The molecule has 28 heavy (non-hydrogen) atoms. The van der Waals surface area contributed by atoms with E-state index >= 15 is 0 Å². The number of fused-ring (bicyclic) bond motifs is 3. The van der Waals surface area contributed by atoms with Gasteiger partial charge >= 0.3 is 6.09 Å². The van der Waals surface area contributed by atoms with E-state index in [0.717, 1.165) is 49.4 Å². The van der Waals surface area contributed by atoms with Gasteiger partial charge in [0.05, 0.1) is 30.9 Å². The first kappa shape index (κ1) is 16.6. The maximum absolute atomic E-state index is 13.5. The lowest BCUT2D eigenvalue weighted by Gasteiger charge is -2.65. The van der Waals surface area contributed by atoms with Crippen LogP contribution in [-0.2, 0) is 14.9 Å². The number of rotatable bonds is 1. The molecule has 1 aromatic carbocycles. The number of carbonyl (C=O) groups is 2. The van der Waals surface area contributed by atoms with Crippen LogP contribution in [0.4, 0.5) is 10.5 Å². The van der Waals surface area contributed by atoms with Crippen molar-refractivity contribution in [3.63, 3.8) is 0 Å². The van der Waals surface area contributed by atoms with Crippen molar-refractivity contribution < 1.29 is 19.1 Å². The Morgan fingerprint density at radius 1 is 1.21 bits per heavy atom. The maximum Gasteiger partial charge on any atom is 0.414 e. The molecule has 3 spiro atoms. The molecule has 4 fully saturated rings. The number of carbonyl (C=O) groups excluding carboxylic acids is 2. The lowest BCUT2D eigenvalue weighted by Crippen LogP contribution is -2.77. The van der Waals surface area contributed by atoms with Gasteiger partial charge in [-0.2, -0.15) is 0 Å². The van der Waals surface area contributed by atoms with Crippen LogP contribution in [0.3, 0.4) is 0 Å². The molecule has 6 nitrogen and oxygen atoms in total. The minimum absolute atomic E-state index is 0.0977. The van der Waals surface area contributed by atoms with Gasteiger partial charge < -0.3 is 9.47 Å². The Kier molecular flexibility index (Phi) is 2.95. The Balaban J connectivity index is 1.70. The summed E-state index contributed by atoms with van der Waals surface area (Å²) in [4.78, 5) is 30.8.